The maximum absolute atomic E-state index is 2.50. The van der Waals surface area contributed by atoms with E-state index in [9.17, 15) is 0 Å². The number of fused-ring (bicyclic) bond motifs is 3. The van der Waals surface area contributed by atoms with Crippen LogP contribution in [0.1, 0.15) is 48.9 Å². The molecule has 0 amide bonds. The van der Waals surface area contributed by atoms with Crippen molar-refractivity contribution in [1.82, 2.24) is 0 Å². The fraction of sp³-hybridized carbons (Fsp3) is 0.132. The summed E-state index contributed by atoms with van der Waals surface area (Å²) in [6.45, 7) is 4.82. The second-order valence-corrected chi connectivity index (χ2v) is 16.3. The minimum atomic E-state index is -0.102. The third-order valence-electron chi connectivity index (χ3n) is 13.3. The Hall–Kier alpha value is -5.98. The summed E-state index contributed by atoms with van der Waals surface area (Å²) in [5.41, 5.74) is 27.7. The fourth-order valence-electron chi connectivity index (χ4n) is 10.7. The van der Waals surface area contributed by atoms with E-state index in [-0.39, 0.29) is 5.41 Å². The highest BCUT2D eigenvalue weighted by atomic mass is 14.4. The summed E-state index contributed by atoms with van der Waals surface area (Å²) in [7, 11) is 0. The summed E-state index contributed by atoms with van der Waals surface area (Å²) in [4.78, 5) is 0. The summed E-state index contributed by atoms with van der Waals surface area (Å²) < 4.78 is 0. The van der Waals surface area contributed by atoms with Crippen LogP contribution in [0.3, 0.4) is 0 Å². The van der Waals surface area contributed by atoms with Crippen molar-refractivity contribution in [2.75, 3.05) is 0 Å². The zero-order valence-corrected chi connectivity index (χ0v) is 30.1. The van der Waals surface area contributed by atoms with Crippen molar-refractivity contribution in [3.63, 3.8) is 0 Å². The lowest BCUT2D eigenvalue weighted by Crippen LogP contribution is -2.22. The maximum Gasteiger partial charge on any atom is 0.0354 e. The molecule has 2 unspecified atom stereocenters. The van der Waals surface area contributed by atoms with Crippen LogP contribution in [0.15, 0.2) is 214 Å². The van der Waals surface area contributed by atoms with Gasteiger partial charge in [0.25, 0.3) is 0 Å². The Kier molecular flexibility index (Phi) is 5.89. The minimum absolute atomic E-state index is 0.102. The van der Waals surface area contributed by atoms with Gasteiger partial charge in [-0.05, 0) is 136 Å². The molecule has 0 saturated carbocycles. The molecule has 0 aliphatic heterocycles. The lowest BCUT2D eigenvalue weighted by atomic mass is 9.67. The van der Waals surface area contributed by atoms with E-state index in [0.717, 1.165) is 12.8 Å². The second-order valence-electron chi connectivity index (χ2n) is 16.3. The first-order valence-corrected chi connectivity index (χ1v) is 19.3. The molecule has 0 bridgehead atoms. The highest BCUT2D eigenvalue weighted by molar-refractivity contribution is 5.92. The molecule has 0 saturated heterocycles. The number of allylic oxidation sites excluding steroid dienone is 28. The molecule has 0 nitrogen and oxygen atoms in total. The molecule has 53 heavy (non-hydrogen) atoms. The van der Waals surface area contributed by atoms with E-state index in [1.807, 2.05) is 0 Å². The van der Waals surface area contributed by atoms with E-state index in [2.05, 4.69) is 172 Å². The molecule has 9 aliphatic rings. The average molecular weight is 675 g/mol. The highest BCUT2D eigenvalue weighted by Gasteiger charge is 2.38. The summed E-state index contributed by atoms with van der Waals surface area (Å²) in [5, 5.41) is 0. The Bertz CT molecular complexity index is 2750. The van der Waals surface area contributed by atoms with Gasteiger partial charge in [-0.15, -0.1) is 0 Å². The predicted octanol–water partition coefficient (Wildman–Crippen LogP) is 12.9. The number of rotatable bonds is 3. The predicted molar refractivity (Wildman–Crippen MR) is 221 cm³/mol. The minimum Gasteiger partial charge on any atom is -0.0795 e. The summed E-state index contributed by atoms with van der Waals surface area (Å²) in [5.74, 6) is 0.715. The van der Waals surface area contributed by atoms with E-state index in [1.165, 1.54) is 111 Å². The Labute approximate surface area is 312 Å². The largest absolute Gasteiger partial charge is 0.0795 e. The first-order valence-electron chi connectivity index (χ1n) is 19.3. The van der Waals surface area contributed by atoms with Gasteiger partial charge in [-0.3, -0.25) is 0 Å². The Morgan fingerprint density at radius 3 is 1.98 bits per heavy atom. The van der Waals surface area contributed by atoms with Crippen LogP contribution < -0.4 is 0 Å². The first kappa shape index (κ1) is 29.6. The number of hydrogen-bond donors (Lipinski definition) is 0. The van der Waals surface area contributed by atoms with Crippen LogP contribution in [-0.4, -0.2) is 0 Å². The van der Waals surface area contributed by atoms with Crippen molar-refractivity contribution < 1.29 is 0 Å². The molecular formula is C53H38. The van der Waals surface area contributed by atoms with Crippen LogP contribution in [0.4, 0.5) is 0 Å². The third-order valence-corrected chi connectivity index (χ3v) is 13.3. The average Bonchev–Trinajstić information content (AvgIpc) is 3.43. The molecule has 2 atom stereocenters. The maximum atomic E-state index is 2.50. The first-order chi connectivity index (χ1) is 26.0. The standard InChI is InChI=1S/C53H38/c1-53(2)47-29-39(31-9-11-32(12-10-31)41-23-17-37-15-13-33-5-3-7-35-19-27-45(41)51(37)49(33)35)21-25-43(47)44-26-22-40(30-48(44)53)42-24-18-38-16-14-34-6-4-8-36-20-28-46(42)52(38)50(34)36/h3-4,6-17,19-30,50-51H,5,18H2,1-2H3. The van der Waals surface area contributed by atoms with E-state index in [4.69, 9.17) is 0 Å². The van der Waals surface area contributed by atoms with Crippen LogP contribution in [-0.2, 0) is 5.41 Å². The van der Waals surface area contributed by atoms with Crippen LogP contribution in [0.2, 0.25) is 0 Å². The molecule has 0 heterocycles. The van der Waals surface area contributed by atoms with Gasteiger partial charge in [0, 0.05) is 17.3 Å². The molecule has 250 valence electrons. The molecule has 0 N–H and O–H groups in total. The molecule has 0 radical (unpaired) electrons. The van der Waals surface area contributed by atoms with E-state index in [0.29, 0.717) is 11.8 Å². The van der Waals surface area contributed by atoms with Crippen molar-refractivity contribution in [1.29, 1.82) is 0 Å². The molecular weight excluding hydrogens is 637 g/mol. The molecule has 3 aromatic carbocycles. The van der Waals surface area contributed by atoms with E-state index in [1.54, 1.807) is 0 Å². The van der Waals surface area contributed by atoms with Crippen molar-refractivity contribution in [2.24, 2.45) is 11.8 Å². The summed E-state index contributed by atoms with van der Waals surface area (Å²) >= 11 is 0. The smallest absolute Gasteiger partial charge is 0.0354 e. The highest BCUT2D eigenvalue weighted by Crippen LogP contribution is 2.54. The molecule has 3 aromatic rings. The van der Waals surface area contributed by atoms with Crippen molar-refractivity contribution in [3.8, 4) is 22.3 Å². The van der Waals surface area contributed by atoms with Gasteiger partial charge < -0.3 is 0 Å². The van der Waals surface area contributed by atoms with Gasteiger partial charge in [-0.25, -0.2) is 0 Å². The Morgan fingerprint density at radius 2 is 1.17 bits per heavy atom. The molecule has 12 rings (SSSR count). The number of benzene rings is 3. The SMILES string of the molecule is CC1(C)c2cc(C3=CCC4=CC=C5C=CC=C6C=CC3=C4C65)ccc2-c2ccc(-c3ccc(C4=C5C=CC6=C7C(=CC=C(C=C4)C57)CC=C6)cc3)cc21. The topological polar surface area (TPSA) is 0 Å². The third kappa shape index (κ3) is 4.07. The van der Waals surface area contributed by atoms with Crippen molar-refractivity contribution in [2.45, 2.75) is 32.1 Å². The normalized spacial score (nSPS) is 24.1. The quantitative estimate of drug-likeness (QED) is 0.259. The van der Waals surface area contributed by atoms with Gasteiger partial charge in [-0.2, -0.15) is 0 Å². The molecule has 0 aromatic heterocycles. The monoisotopic (exact) mass is 674 g/mol. The molecule has 0 fully saturated rings. The van der Waals surface area contributed by atoms with Gasteiger partial charge in [0.15, 0.2) is 0 Å². The summed E-state index contributed by atoms with van der Waals surface area (Å²) in [6, 6.07) is 23.7. The van der Waals surface area contributed by atoms with E-state index >= 15 is 0 Å². The van der Waals surface area contributed by atoms with Gasteiger partial charge >= 0.3 is 0 Å². The van der Waals surface area contributed by atoms with Crippen molar-refractivity contribution in [3.05, 3.63) is 236 Å². The molecule has 0 spiro atoms. The lowest BCUT2D eigenvalue weighted by molar-refractivity contribution is 0.660. The van der Waals surface area contributed by atoms with Crippen LogP contribution in [0, 0.1) is 11.8 Å². The Morgan fingerprint density at radius 1 is 0.509 bits per heavy atom. The van der Waals surface area contributed by atoms with Gasteiger partial charge in [0.2, 0.25) is 0 Å². The number of hydrogen-bond acceptors (Lipinski definition) is 0. The van der Waals surface area contributed by atoms with E-state index < -0.39 is 0 Å². The van der Waals surface area contributed by atoms with Crippen molar-refractivity contribution >= 4 is 11.1 Å². The van der Waals surface area contributed by atoms with Crippen LogP contribution in [0.5, 0.6) is 0 Å². The van der Waals surface area contributed by atoms with Crippen LogP contribution >= 0.6 is 0 Å². The van der Waals surface area contributed by atoms with Gasteiger partial charge in [0.1, 0.15) is 0 Å². The van der Waals surface area contributed by atoms with Gasteiger partial charge in [0.05, 0.1) is 0 Å². The molecule has 0 heteroatoms. The van der Waals surface area contributed by atoms with Crippen LogP contribution in [0.25, 0.3) is 33.4 Å². The summed E-state index contributed by atoms with van der Waals surface area (Å²) in [6.07, 6.45) is 39.3. The Balaban J connectivity index is 0.867. The zero-order valence-electron chi connectivity index (χ0n) is 30.1. The molecule has 9 aliphatic carbocycles. The lowest BCUT2D eigenvalue weighted by Gasteiger charge is -2.37. The second kappa shape index (κ2) is 10.6. The fourth-order valence-corrected chi connectivity index (χ4v) is 10.7. The van der Waals surface area contributed by atoms with Gasteiger partial charge in [-0.1, -0.05) is 160 Å². The zero-order chi connectivity index (χ0) is 35.0.